The number of hydrogen-bond acceptors (Lipinski definition) is 3. The molecule has 5 aliphatic rings. The quantitative estimate of drug-likeness (QED) is 0.397. The molecule has 0 saturated heterocycles. The van der Waals surface area contributed by atoms with E-state index in [-0.39, 0.29) is 33.0 Å². The predicted octanol–water partition coefficient (Wildman–Crippen LogP) is 6.20. The van der Waals surface area contributed by atoms with Crippen LogP contribution >= 0.6 is 0 Å². The number of allylic oxidation sites excluding steroid dienone is 2. The third kappa shape index (κ3) is 2.88. The molecule has 4 saturated carbocycles. The monoisotopic (exact) mass is 472 g/mol. The number of rotatable bonds is 1. The van der Waals surface area contributed by atoms with Crippen molar-refractivity contribution in [2.75, 3.05) is 0 Å². The van der Waals surface area contributed by atoms with Gasteiger partial charge < -0.3 is 15.3 Å². The molecular formula is C30H48O4. The molecule has 4 fully saturated rings. The van der Waals surface area contributed by atoms with Gasteiger partial charge in [0.15, 0.2) is 0 Å². The lowest BCUT2D eigenvalue weighted by molar-refractivity contribution is -0.231. The number of aliphatic hydroxyl groups is 2. The normalized spacial score (nSPS) is 53.4. The third-order valence-electron chi connectivity index (χ3n) is 13.0. The molecule has 0 spiro atoms. The fraction of sp³-hybridized carbons (Fsp3) is 0.900. The van der Waals surface area contributed by atoms with Gasteiger partial charge >= 0.3 is 5.97 Å². The Kier molecular flexibility index (Phi) is 5.20. The Bertz CT molecular complexity index is 919. The fourth-order valence-corrected chi connectivity index (χ4v) is 10.8. The van der Waals surface area contributed by atoms with Crippen LogP contribution in [-0.2, 0) is 4.79 Å². The number of fused-ring (bicyclic) bond motifs is 7. The molecule has 0 aromatic heterocycles. The van der Waals surface area contributed by atoms with Crippen molar-refractivity contribution in [3.8, 4) is 0 Å². The van der Waals surface area contributed by atoms with Gasteiger partial charge in [-0.1, -0.05) is 60.1 Å². The average molecular weight is 473 g/mol. The molecule has 0 bridgehead atoms. The van der Waals surface area contributed by atoms with Crippen LogP contribution < -0.4 is 0 Å². The number of carboxylic acids is 1. The van der Waals surface area contributed by atoms with Gasteiger partial charge in [0.1, 0.15) is 0 Å². The average Bonchev–Trinajstić information content (AvgIpc) is 2.72. The first-order valence-electron chi connectivity index (χ1n) is 13.9. The predicted molar refractivity (Wildman–Crippen MR) is 134 cm³/mol. The van der Waals surface area contributed by atoms with Gasteiger partial charge in [-0.3, -0.25) is 4.79 Å². The molecule has 0 amide bonds. The lowest BCUT2D eigenvalue weighted by atomic mass is 9.33. The first-order valence-corrected chi connectivity index (χ1v) is 13.9. The highest BCUT2D eigenvalue weighted by atomic mass is 16.4. The Balaban J connectivity index is 1.61. The molecule has 0 aromatic rings. The van der Waals surface area contributed by atoms with E-state index in [4.69, 9.17) is 0 Å². The van der Waals surface area contributed by atoms with Crippen molar-refractivity contribution in [1.29, 1.82) is 0 Å². The Labute approximate surface area is 206 Å². The zero-order valence-corrected chi connectivity index (χ0v) is 22.6. The van der Waals surface area contributed by atoms with E-state index in [0.29, 0.717) is 18.3 Å². The van der Waals surface area contributed by atoms with Gasteiger partial charge in [-0.25, -0.2) is 0 Å². The Hall–Kier alpha value is -0.870. The molecule has 0 unspecified atom stereocenters. The maximum atomic E-state index is 12.8. The highest BCUT2D eigenvalue weighted by Crippen LogP contribution is 2.75. The molecule has 34 heavy (non-hydrogen) atoms. The minimum Gasteiger partial charge on any atom is -0.481 e. The number of carboxylic acid groups (broad SMARTS) is 1. The van der Waals surface area contributed by atoms with Gasteiger partial charge in [-0.05, 0) is 103 Å². The summed E-state index contributed by atoms with van der Waals surface area (Å²) < 4.78 is 0. The van der Waals surface area contributed by atoms with Gasteiger partial charge in [0.2, 0.25) is 0 Å². The number of aliphatic hydroxyl groups excluding tert-OH is 2. The van der Waals surface area contributed by atoms with E-state index in [9.17, 15) is 20.1 Å². The van der Waals surface area contributed by atoms with Gasteiger partial charge in [-0.2, -0.15) is 0 Å². The van der Waals surface area contributed by atoms with Gasteiger partial charge in [0.05, 0.1) is 17.6 Å². The lowest BCUT2D eigenvalue weighted by Crippen LogP contribution is -2.67. The number of hydrogen-bond donors (Lipinski definition) is 3. The molecule has 0 heterocycles. The Morgan fingerprint density at radius 1 is 0.882 bits per heavy atom. The lowest BCUT2D eigenvalue weighted by Gasteiger charge is -2.71. The van der Waals surface area contributed by atoms with E-state index < -0.39 is 23.6 Å². The summed E-state index contributed by atoms with van der Waals surface area (Å²) in [5.41, 5.74) is 0.754. The summed E-state index contributed by atoms with van der Waals surface area (Å²) in [6.45, 7) is 16.3. The van der Waals surface area contributed by atoms with Crippen molar-refractivity contribution in [3.05, 3.63) is 11.6 Å². The molecule has 4 heteroatoms. The summed E-state index contributed by atoms with van der Waals surface area (Å²) in [6, 6.07) is 0. The van der Waals surface area contributed by atoms with Crippen molar-refractivity contribution in [2.45, 2.75) is 118 Å². The number of carbonyl (C=O) groups is 1. The van der Waals surface area contributed by atoms with Crippen molar-refractivity contribution >= 4 is 5.97 Å². The van der Waals surface area contributed by atoms with Crippen LogP contribution in [0.2, 0.25) is 0 Å². The van der Waals surface area contributed by atoms with Crippen molar-refractivity contribution in [3.63, 3.8) is 0 Å². The van der Waals surface area contributed by atoms with E-state index in [1.165, 1.54) is 5.57 Å². The topological polar surface area (TPSA) is 77.8 Å². The standard InChI is InChI=1S/C30H48O4/c1-25(2)12-14-30(24(33)34)15-13-28(6)18(19(30)16-25)8-9-22-27(5)17-20(31)23(32)26(3,4)21(27)10-11-29(22,28)7/h8,19-23,31-32H,9-17H2,1-7H3,(H,33,34)/t19-,20-,21-,22-,23-,27-,28+,29-,30+/m1/s1. The minimum atomic E-state index is -0.679. The van der Waals surface area contributed by atoms with Gasteiger partial charge in [0.25, 0.3) is 0 Å². The van der Waals surface area contributed by atoms with Crippen molar-refractivity contribution in [1.82, 2.24) is 0 Å². The van der Waals surface area contributed by atoms with E-state index in [2.05, 4.69) is 54.5 Å². The van der Waals surface area contributed by atoms with Crippen LogP contribution in [0.4, 0.5) is 0 Å². The van der Waals surface area contributed by atoms with E-state index >= 15 is 0 Å². The zero-order chi connectivity index (χ0) is 25.1. The largest absolute Gasteiger partial charge is 0.481 e. The molecule has 0 radical (unpaired) electrons. The maximum absolute atomic E-state index is 12.8. The van der Waals surface area contributed by atoms with Crippen LogP contribution in [0.15, 0.2) is 11.6 Å². The summed E-state index contributed by atoms with van der Waals surface area (Å²) >= 11 is 0. The van der Waals surface area contributed by atoms with Crippen LogP contribution in [0.25, 0.3) is 0 Å². The van der Waals surface area contributed by atoms with Gasteiger partial charge in [0, 0.05) is 0 Å². The molecular weight excluding hydrogens is 424 g/mol. The first kappa shape index (κ1) is 24.8. The van der Waals surface area contributed by atoms with Crippen molar-refractivity contribution in [2.24, 2.45) is 50.2 Å². The SMILES string of the molecule is CC1(C)CC[C@]2(C(=O)O)CC[C@@]3(C)C(=CC[C@@H]4[C@]5(C)C[C@@H](O)[C@@H](O)C(C)(C)[C@H]5CC[C@]43C)[C@H]2C1. The molecule has 192 valence electrons. The smallest absolute Gasteiger partial charge is 0.310 e. The second kappa shape index (κ2) is 7.12. The van der Waals surface area contributed by atoms with Crippen molar-refractivity contribution < 1.29 is 20.1 Å². The van der Waals surface area contributed by atoms with Gasteiger partial charge in [-0.15, -0.1) is 0 Å². The summed E-state index contributed by atoms with van der Waals surface area (Å²) in [5, 5.41) is 32.4. The second-order valence-corrected chi connectivity index (χ2v) is 15.2. The number of aliphatic carboxylic acids is 1. The van der Waals surface area contributed by atoms with Crippen LogP contribution in [0, 0.1) is 50.2 Å². The highest BCUT2D eigenvalue weighted by Gasteiger charge is 2.70. The summed E-state index contributed by atoms with van der Waals surface area (Å²) in [4.78, 5) is 12.8. The highest BCUT2D eigenvalue weighted by molar-refractivity contribution is 5.76. The zero-order valence-electron chi connectivity index (χ0n) is 22.6. The van der Waals surface area contributed by atoms with Crippen LogP contribution in [0.5, 0.6) is 0 Å². The molecule has 5 aliphatic carbocycles. The summed E-state index contributed by atoms with van der Waals surface area (Å²) in [6.07, 6.45) is 9.45. The molecule has 9 atom stereocenters. The minimum absolute atomic E-state index is 0.00785. The van der Waals surface area contributed by atoms with E-state index in [0.717, 1.165) is 51.4 Å². The van der Waals surface area contributed by atoms with Crippen LogP contribution in [0.1, 0.15) is 106 Å². The maximum Gasteiger partial charge on any atom is 0.310 e. The summed E-state index contributed by atoms with van der Waals surface area (Å²) in [5.74, 6) is 0.365. The second-order valence-electron chi connectivity index (χ2n) is 15.2. The van der Waals surface area contributed by atoms with E-state index in [1.54, 1.807) is 0 Å². The van der Waals surface area contributed by atoms with Crippen LogP contribution in [0.3, 0.4) is 0 Å². The van der Waals surface area contributed by atoms with E-state index in [1.807, 2.05) is 0 Å². The Morgan fingerprint density at radius 3 is 2.18 bits per heavy atom. The summed E-state index contributed by atoms with van der Waals surface area (Å²) in [7, 11) is 0. The molecule has 5 rings (SSSR count). The third-order valence-corrected chi connectivity index (χ3v) is 13.0. The molecule has 3 N–H and O–H groups in total. The first-order chi connectivity index (χ1) is 15.6. The molecule has 0 aliphatic heterocycles. The van der Waals surface area contributed by atoms with Crippen LogP contribution in [-0.4, -0.2) is 33.5 Å². The Morgan fingerprint density at radius 2 is 1.53 bits per heavy atom. The fourth-order valence-electron chi connectivity index (χ4n) is 10.8. The molecule has 4 nitrogen and oxygen atoms in total. The molecule has 0 aromatic carbocycles.